The Morgan fingerprint density at radius 3 is 2.79 bits per heavy atom. The molecule has 5 rings (SSSR count). The number of rotatable bonds is 4. The van der Waals surface area contributed by atoms with Gasteiger partial charge in [-0.3, -0.25) is 9.69 Å². The first-order chi connectivity index (χ1) is 13.7. The molecule has 0 radical (unpaired) electrons. The normalized spacial score (nSPS) is 28.0. The monoisotopic (exact) mass is 379 g/mol. The number of hydrogen-bond acceptors (Lipinski definition) is 4. The quantitative estimate of drug-likeness (QED) is 0.873. The first-order valence-electron chi connectivity index (χ1n) is 10.8. The summed E-state index contributed by atoms with van der Waals surface area (Å²) in [5, 5.41) is 11.1. The first-order valence-corrected chi connectivity index (χ1v) is 10.8. The van der Waals surface area contributed by atoms with E-state index in [0.29, 0.717) is 12.5 Å². The number of pyridine rings is 1. The second kappa shape index (κ2) is 7.03. The number of piperidine rings is 1. The lowest BCUT2D eigenvalue weighted by Crippen LogP contribution is -2.36. The van der Waals surface area contributed by atoms with Crippen LogP contribution in [-0.4, -0.2) is 47.1 Å². The SMILES string of the molecule is O=C(O)[C@@]12CCC[C@H]1CN(Cc1cc3ccccc3nc1N1CCCCC1)C2. The van der Waals surface area contributed by atoms with Crippen molar-refractivity contribution in [3.8, 4) is 0 Å². The molecule has 0 spiro atoms. The van der Waals surface area contributed by atoms with Crippen molar-refractivity contribution >= 4 is 22.7 Å². The zero-order chi connectivity index (χ0) is 19.1. The van der Waals surface area contributed by atoms with Gasteiger partial charge in [0, 0.05) is 43.7 Å². The summed E-state index contributed by atoms with van der Waals surface area (Å²) in [5.74, 6) is 0.821. The third kappa shape index (κ3) is 2.96. The van der Waals surface area contributed by atoms with Crippen LogP contribution in [0.1, 0.15) is 44.1 Å². The van der Waals surface area contributed by atoms with E-state index in [1.807, 2.05) is 6.07 Å². The second-order valence-electron chi connectivity index (χ2n) is 8.93. The number of para-hydroxylation sites is 1. The van der Waals surface area contributed by atoms with Crippen LogP contribution in [0.15, 0.2) is 30.3 Å². The Balaban J connectivity index is 1.47. The van der Waals surface area contributed by atoms with Gasteiger partial charge in [-0.2, -0.15) is 0 Å². The Morgan fingerprint density at radius 2 is 2.00 bits per heavy atom. The van der Waals surface area contributed by atoms with Gasteiger partial charge in [0.15, 0.2) is 0 Å². The maximum atomic E-state index is 12.0. The Bertz CT molecular complexity index is 893. The number of benzene rings is 1. The molecule has 0 bridgehead atoms. The van der Waals surface area contributed by atoms with E-state index in [1.165, 1.54) is 30.2 Å². The summed E-state index contributed by atoms with van der Waals surface area (Å²) in [5.41, 5.74) is 1.78. The van der Waals surface area contributed by atoms with Crippen molar-refractivity contribution in [1.82, 2.24) is 9.88 Å². The van der Waals surface area contributed by atoms with Gasteiger partial charge in [-0.1, -0.05) is 24.6 Å². The third-order valence-corrected chi connectivity index (χ3v) is 7.20. The topological polar surface area (TPSA) is 56.7 Å². The molecule has 2 saturated heterocycles. The standard InChI is InChI=1S/C23H29N3O2/c27-22(28)23-10-6-8-19(23)15-25(16-23)14-18-13-17-7-2-3-9-20(17)24-21(18)26-11-4-1-5-12-26/h2-3,7,9,13,19H,1,4-6,8,10-12,14-16H2,(H,27,28)/t19-,23+/m0/s1. The van der Waals surface area contributed by atoms with Crippen molar-refractivity contribution in [1.29, 1.82) is 0 Å². The molecule has 28 heavy (non-hydrogen) atoms. The predicted molar refractivity (Wildman–Crippen MR) is 110 cm³/mol. The number of aromatic nitrogens is 1. The van der Waals surface area contributed by atoms with Gasteiger partial charge in [-0.25, -0.2) is 4.98 Å². The fraction of sp³-hybridized carbons (Fsp3) is 0.565. The van der Waals surface area contributed by atoms with Crippen molar-refractivity contribution in [2.24, 2.45) is 11.3 Å². The molecular formula is C23H29N3O2. The van der Waals surface area contributed by atoms with E-state index in [9.17, 15) is 9.90 Å². The summed E-state index contributed by atoms with van der Waals surface area (Å²) >= 11 is 0. The Kier molecular flexibility index (Phi) is 4.50. The summed E-state index contributed by atoms with van der Waals surface area (Å²) in [6, 6.07) is 10.6. The van der Waals surface area contributed by atoms with Crippen molar-refractivity contribution in [3.05, 3.63) is 35.9 Å². The number of likely N-dealkylation sites (tertiary alicyclic amines) is 1. The number of nitrogens with zero attached hydrogens (tertiary/aromatic N) is 3. The molecule has 1 aromatic heterocycles. The van der Waals surface area contributed by atoms with Crippen LogP contribution in [0.4, 0.5) is 5.82 Å². The second-order valence-corrected chi connectivity index (χ2v) is 8.93. The van der Waals surface area contributed by atoms with E-state index in [4.69, 9.17) is 4.98 Å². The highest BCUT2D eigenvalue weighted by molar-refractivity contribution is 5.82. The number of anilines is 1. The van der Waals surface area contributed by atoms with Gasteiger partial charge in [0.05, 0.1) is 10.9 Å². The molecule has 148 valence electrons. The largest absolute Gasteiger partial charge is 0.481 e. The number of carbonyl (C=O) groups is 1. The van der Waals surface area contributed by atoms with E-state index in [0.717, 1.165) is 56.8 Å². The van der Waals surface area contributed by atoms with Crippen molar-refractivity contribution in [2.75, 3.05) is 31.1 Å². The minimum atomic E-state index is -0.592. The van der Waals surface area contributed by atoms with E-state index in [1.54, 1.807) is 0 Å². The molecule has 2 aromatic rings. The first kappa shape index (κ1) is 17.9. The van der Waals surface area contributed by atoms with Gasteiger partial charge in [-0.15, -0.1) is 0 Å². The number of fused-ring (bicyclic) bond motifs is 2. The lowest BCUT2D eigenvalue weighted by Gasteiger charge is -2.31. The highest BCUT2D eigenvalue weighted by Crippen LogP contribution is 2.49. The van der Waals surface area contributed by atoms with Crippen LogP contribution in [-0.2, 0) is 11.3 Å². The van der Waals surface area contributed by atoms with Gasteiger partial charge in [0.1, 0.15) is 5.82 Å². The fourth-order valence-electron chi connectivity index (χ4n) is 5.75. The third-order valence-electron chi connectivity index (χ3n) is 7.20. The van der Waals surface area contributed by atoms with Crippen LogP contribution in [0.25, 0.3) is 10.9 Å². The minimum Gasteiger partial charge on any atom is -0.481 e. The highest BCUT2D eigenvalue weighted by atomic mass is 16.4. The van der Waals surface area contributed by atoms with E-state index in [2.05, 4.69) is 34.1 Å². The Hall–Kier alpha value is -2.14. The zero-order valence-corrected chi connectivity index (χ0v) is 16.4. The molecule has 2 atom stereocenters. The molecular weight excluding hydrogens is 350 g/mol. The van der Waals surface area contributed by atoms with Crippen LogP contribution in [0.2, 0.25) is 0 Å². The molecule has 2 aliphatic heterocycles. The molecule has 5 heteroatoms. The lowest BCUT2D eigenvalue weighted by atomic mass is 9.81. The predicted octanol–water partition coefficient (Wildman–Crippen LogP) is 3.91. The minimum absolute atomic E-state index is 0.303. The molecule has 1 aromatic carbocycles. The van der Waals surface area contributed by atoms with Gasteiger partial charge in [0.2, 0.25) is 0 Å². The average Bonchev–Trinajstić information content (AvgIpc) is 3.26. The maximum Gasteiger partial charge on any atom is 0.311 e. The smallest absolute Gasteiger partial charge is 0.311 e. The highest BCUT2D eigenvalue weighted by Gasteiger charge is 2.54. The van der Waals surface area contributed by atoms with Crippen LogP contribution in [0.3, 0.4) is 0 Å². The van der Waals surface area contributed by atoms with Crippen LogP contribution in [0.5, 0.6) is 0 Å². The molecule has 1 N–H and O–H groups in total. The fourth-order valence-corrected chi connectivity index (χ4v) is 5.75. The molecule has 3 fully saturated rings. The maximum absolute atomic E-state index is 12.0. The summed E-state index contributed by atoms with van der Waals surface area (Å²) in [4.78, 5) is 21.9. The van der Waals surface area contributed by atoms with Gasteiger partial charge >= 0.3 is 5.97 Å². The average molecular weight is 380 g/mol. The molecule has 1 saturated carbocycles. The number of carboxylic acid groups (broad SMARTS) is 1. The van der Waals surface area contributed by atoms with Crippen molar-refractivity contribution < 1.29 is 9.90 Å². The van der Waals surface area contributed by atoms with Crippen LogP contribution >= 0.6 is 0 Å². The van der Waals surface area contributed by atoms with Crippen LogP contribution in [0, 0.1) is 11.3 Å². The van der Waals surface area contributed by atoms with Crippen molar-refractivity contribution in [2.45, 2.75) is 45.1 Å². The summed E-state index contributed by atoms with van der Waals surface area (Å²) in [6.45, 7) is 4.52. The van der Waals surface area contributed by atoms with E-state index < -0.39 is 11.4 Å². The van der Waals surface area contributed by atoms with Gasteiger partial charge in [-0.05, 0) is 50.2 Å². The van der Waals surface area contributed by atoms with E-state index in [-0.39, 0.29) is 0 Å². The molecule has 0 amide bonds. The summed E-state index contributed by atoms with van der Waals surface area (Å²) < 4.78 is 0. The molecule has 1 aliphatic carbocycles. The van der Waals surface area contributed by atoms with Gasteiger partial charge in [0.25, 0.3) is 0 Å². The summed E-state index contributed by atoms with van der Waals surface area (Å²) in [7, 11) is 0. The number of aliphatic carboxylic acids is 1. The molecule has 5 nitrogen and oxygen atoms in total. The molecule has 0 unspecified atom stereocenters. The molecule has 3 aliphatic rings. The zero-order valence-electron chi connectivity index (χ0n) is 16.4. The number of hydrogen-bond donors (Lipinski definition) is 1. The Labute approximate surface area is 166 Å². The van der Waals surface area contributed by atoms with Crippen LogP contribution < -0.4 is 4.90 Å². The van der Waals surface area contributed by atoms with E-state index >= 15 is 0 Å². The van der Waals surface area contributed by atoms with Gasteiger partial charge < -0.3 is 10.0 Å². The lowest BCUT2D eigenvalue weighted by molar-refractivity contribution is -0.149. The summed E-state index contributed by atoms with van der Waals surface area (Å²) in [6.07, 6.45) is 6.69. The Morgan fingerprint density at radius 1 is 1.18 bits per heavy atom. The van der Waals surface area contributed by atoms with Crippen molar-refractivity contribution in [3.63, 3.8) is 0 Å². The number of carboxylic acids is 1. The molecule has 3 heterocycles.